The lowest BCUT2D eigenvalue weighted by Gasteiger charge is -2.18. The van der Waals surface area contributed by atoms with Crippen molar-refractivity contribution in [3.05, 3.63) is 66.0 Å². The van der Waals surface area contributed by atoms with E-state index in [2.05, 4.69) is 6.58 Å². The molecule has 0 atom stereocenters. The van der Waals surface area contributed by atoms with Gasteiger partial charge in [-0.1, -0.05) is 18.2 Å². The van der Waals surface area contributed by atoms with Gasteiger partial charge in [0.1, 0.15) is 0 Å². The maximum absolute atomic E-state index is 13.8. The third kappa shape index (κ3) is 5.48. The molecule has 1 amide bonds. The molecule has 0 aromatic heterocycles. The highest BCUT2D eigenvalue weighted by atomic mass is 19.1. The number of allylic oxidation sites excluding steroid dienone is 1. The molecule has 0 saturated carbocycles. The average molecular weight is 373 g/mol. The molecule has 0 unspecified atom stereocenters. The molecule has 0 N–H and O–H groups in total. The van der Waals surface area contributed by atoms with Crippen molar-refractivity contribution in [2.45, 2.75) is 13.0 Å². The molecule has 6 heteroatoms. The Hall–Kier alpha value is -3.02. The minimum Gasteiger partial charge on any atom is -0.494 e. The van der Waals surface area contributed by atoms with E-state index >= 15 is 0 Å². The van der Waals surface area contributed by atoms with Crippen LogP contribution in [-0.4, -0.2) is 38.7 Å². The molecule has 0 radical (unpaired) electrons. The molecule has 0 saturated heterocycles. The van der Waals surface area contributed by atoms with E-state index in [4.69, 9.17) is 14.2 Å². The van der Waals surface area contributed by atoms with E-state index in [-0.39, 0.29) is 24.8 Å². The Labute approximate surface area is 159 Å². The highest BCUT2D eigenvalue weighted by Gasteiger charge is 2.13. The van der Waals surface area contributed by atoms with Gasteiger partial charge in [-0.3, -0.25) is 4.79 Å². The first-order chi connectivity index (χ1) is 13.0. The smallest absolute Gasteiger partial charge is 0.260 e. The van der Waals surface area contributed by atoms with E-state index in [1.165, 1.54) is 24.1 Å². The van der Waals surface area contributed by atoms with Crippen LogP contribution in [-0.2, 0) is 17.8 Å². The summed E-state index contributed by atoms with van der Waals surface area (Å²) in [5, 5.41) is 0. The van der Waals surface area contributed by atoms with Gasteiger partial charge in [0.2, 0.25) is 0 Å². The number of halogens is 1. The van der Waals surface area contributed by atoms with Crippen molar-refractivity contribution in [1.29, 1.82) is 0 Å². The first-order valence-corrected chi connectivity index (χ1v) is 8.45. The van der Waals surface area contributed by atoms with Crippen molar-refractivity contribution in [2.75, 3.05) is 27.9 Å². The summed E-state index contributed by atoms with van der Waals surface area (Å²) in [5.74, 6) is 0.521. The Balaban J connectivity index is 1.96. The number of carbonyl (C=O) groups is 1. The quantitative estimate of drug-likeness (QED) is 0.630. The molecule has 2 rings (SSSR count). The number of nitrogens with zero attached hydrogens (tertiary/aromatic N) is 1. The van der Waals surface area contributed by atoms with Crippen molar-refractivity contribution < 1.29 is 23.4 Å². The Morgan fingerprint density at radius 3 is 2.37 bits per heavy atom. The number of hydrogen-bond donors (Lipinski definition) is 0. The molecule has 2 aromatic carbocycles. The Kier molecular flexibility index (Phi) is 7.23. The van der Waals surface area contributed by atoms with Gasteiger partial charge in [-0.15, -0.1) is 6.58 Å². The minimum absolute atomic E-state index is 0.147. The Morgan fingerprint density at radius 2 is 1.74 bits per heavy atom. The van der Waals surface area contributed by atoms with Crippen LogP contribution >= 0.6 is 0 Å². The fourth-order valence-corrected chi connectivity index (χ4v) is 2.54. The molecule has 0 aliphatic carbocycles. The number of ether oxygens (including phenoxy) is 3. The summed E-state index contributed by atoms with van der Waals surface area (Å²) in [4.78, 5) is 13.8. The first kappa shape index (κ1) is 20.3. The number of benzene rings is 2. The lowest BCUT2D eigenvalue weighted by Crippen LogP contribution is -2.31. The monoisotopic (exact) mass is 373 g/mol. The zero-order chi connectivity index (χ0) is 19.8. The van der Waals surface area contributed by atoms with Crippen LogP contribution in [0, 0.1) is 5.82 Å². The van der Waals surface area contributed by atoms with Crippen LogP contribution in [0.5, 0.6) is 17.2 Å². The second-order valence-corrected chi connectivity index (χ2v) is 5.99. The van der Waals surface area contributed by atoms with E-state index in [9.17, 15) is 9.18 Å². The predicted octanol–water partition coefficient (Wildman–Crippen LogP) is 3.61. The first-order valence-electron chi connectivity index (χ1n) is 8.45. The summed E-state index contributed by atoms with van der Waals surface area (Å²) in [6.45, 7) is 3.83. The summed E-state index contributed by atoms with van der Waals surface area (Å²) in [7, 11) is 4.59. The van der Waals surface area contributed by atoms with Gasteiger partial charge in [-0.05, 0) is 41.8 Å². The SMILES string of the molecule is C=CCc1ccc(OCC(=O)N(C)Cc2ccc(OC)c(F)c2)c(OC)c1. The van der Waals surface area contributed by atoms with Gasteiger partial charge in [0.15, 0.2) is 29.7 Å². The predicted molar refractivity (Wildman–Crippen MR) is 102 cm³/mol. The van der Waals surface area contributed by atoms with Crippen LogP contribution in [0.15, 0.2) is 49.1 Å². The Bertz CT molecular complexity index is 807. The lowest BCUT2D eigenvalue weighted by atomic mass is 10.1. The highest BCUT2D eigenvalue weighted by Crippen LogP contribution is 2.28. The van der Waals surface area contributed by atoms with Gasteiger partial charge in [-0.2, -0.15) is 0 Å². The number of rotatable bonds is 9. The molecule has 0 heterocycles. The molecular weight excluding hydrogens is 349 g/mol. The molecule has 0 bridgehead atoms. The van der Waals surface area contributed by atoms with Crippen LogP contribution in [0.2, 0.25) is 0 Å². The van der Waals surface area contributed by atoms with Crippen LogP contribution in [0.4, 0.5) is 4.39 Å². The van der Waals surface area contributed by atoms with Gasteiger partial charge < -0.3 is 19.1 Å². The van der Waals surface area contributed by atoms with E-state index in [0.717, 1.165) is 12.0 Å². The standard InChI is InChI=1S/C21H24FNO4/c1-5-6-15-7-10-19(20(12-15)26-4)27-14-21(24)23(2)13-16-8-9-18(25-3)17(22)11-16/h5,7-12H,1,6,13-14H2,2-4H3. The van der Waals surface area contributed by atoms with Crippen LogP contribution in [0.25, 0.3) is 0 Å². The van der Waals surface area contributed by atoms with Gasteiger partial charge in [0.05, 0.1) is 14.2 Å². The summed E-state index contributed by atoms with van der Waals surface area (Å²) in [6, 6.07) is 10.1. The largest absolute Gasteiger partial charge is 0.494 e. The van der Waals surface area contributed by atoms with Crippen molar-refractivity contribution in [1.82, 2.24) is 4.90 Å². The molecule has 144 valence electrons. The van der Waals surface area contributed by atoms with E-state index in [1.54, 1.807) is 32.4 Å². The van der Waals surface area contributed by atoms with Crippen LogP contribution in [0.1, 0.15) is 11.1 Å². The second kappa shape index (κ2) is 9.62. The van der Waals surface area contributed by atoms with E-state index < -0.39 is 5.82 Å². The normalized spacial score (nSPS) is 10.2. The summed E-state index contributed by atoms with van der Waals surface area (Å²) in [5.41, 5.74) is 1.70. The van der Waals surface area contributed by atoms with Crippen LogP contribution < -0.4 is 14.2 Å². The lowest BCUT2D eigenvalue weighted by molar-refractivity contribution is -0.132. The number of amides is 1. The Morgan fingerprint density at radius 1 is 1.07 bits per heavy atom. The highest BCUT2D eigenvalue weighted by molar-refractivity contribution is 5.77. The molecule has 0 aliphatic rings. The fourth-order valence-electron chi connectivity index (χ4n) is 2.54. The average Bonchev–Trinajstić information content (AvgIpc) is 2.66. The minimum atomic E-state index is -0.462. The van der Waals surface area contributed by atoms with Crippen molar-refractivity contribution in [3.63, 3.8) is 0 Å². The zero-order valence-corrected chi connectivity index (χ0v) is 15.8. The number of hydrogen-bond acceptors (Lipinski definition) is 4. The van der Waals surface area contributed by atoms with E-state index in [1.807, 2.05) is 12.1 Å². The second-order valence-electron chi connectivity index (χ2n) is 5.99. The maximum atomic E-state index is 13.8. The van der Waals surface area contributed by atoms with Crippen molar-refractivity contribution in [3.8, 4) is 17.2 Å². The van der Waals surface area contributed by atoms with Gasteiger partial charge in [0.25, 0.3) is 5.91 Å². The topological polar surface area (TPSA) is 48.0 Å². The molecule has 0 aliphatic heterocycles. The molecule has 27 heavy (non-hydrogen) atoms. The van der Waals surface area contributed by atoms with E-state index in [0.29, 0.717) is 17.1 Å². The van der Waals surface area contributed by atoms with Gasteiger partial charge in [0, 0.05) is 13.6 Å². The molecule has 2 aromatic rings. The summed E-state index contributed by atoms with van der Waals surface area (Å²) >= 11 is 0. The van der Waals surface area contributed by atoms with Crippen molar-refractivity contribution >= 4 is 5.91 Å². The number of likely N-dealkylation sites (N-methyl/N-ethyl adjacent to an activating group) is 1. The van der Waals surface area contributed by atoms with Gasteiger partial charge in [-0.25, -0.2) is 4.39 Å². The number of methoxy groups -OCH3 is 2. The third-order valence-electron chi connectivity index (χ3n) is 4.02. The van der Waals surface area contributed by atoms with Crippen LogP contribution in [0.3, 0.4) is 0 Å². The molecule has 5 nitrogen and oxygen atoms in total. The zero-order valence-electron chi connectivity index (χ0n) is 15.8. The van der Waals surface area contributed by atoms with Gasteiger partial charge >= 0.3 is 0 Å². The fraction of sp³-hybridized carbons (Fsp3) is 0.286. The summed E-state index contributed by atoms with van der Waals surface area (Å²) in [6.07, 6.45) is 2.52. The number of carbonyl (C=O) groups excluding carboxylic acids is 1. The molecule has 0 spiro atoms. The van der Waals surface area contributed by atoms with Crippen molar-refractivity contribution in [2.24, 2.45) is 0 Å². The maximum Gasteiger partial charge on any atom is 0.260 e. The molecule has 0 fully saturated rings. The third-order valence-corrected chi connectivity index (χ3v) is 4.02. The molecular formula is C21H24FNO4. The summed E-state index contributed by atoms with van der Waals surface area (Å²) < 4.78 is 29.6.